The lowest BCUT2D eigenvalue weighted by Gasteiger charge is -2.28. The summed E-state index contributed by atoms with van der Waals surface area (Å²) in [7, 11) is 4.75. The molecule has 0 bridgehead atoms. The van der Waals surface area contributed by atoms with Gasteiger partial charge in [-0.1, -0.05) is 0 Å². The lowest BCUT2D eigenvalue weighted by atomic mass is 10.4. The molecule has 1 aliphatic rings. The zero-order valence-corrected chi connectivity index (χ0v) is 13.7. The molecule has 2 aromatic rings. The van der Waals surface area contributed by atoms with Crippen molar-refractivity contribution in [3.8, 4) is 0 Å². The van der Waals surface area contributed by atoms with Crippen LogP contribution in [0.2, 0.25) is 0 Å². The van der Waals surface area contributed by atoms with Crippen LogP contribution in [0.1, 0.15) is 0 Å². The number of nitrogens with zero attached hydrogens (tertiary/aromatic N) is 5. The minimum atomic E-state index is -0.370. The molecule has 126 valence electrons. The molecule has 0 radical (unpaired) electrons. The number of piperazine rings is 1. The number of rotatable bonds is 4. The molecule has 1 aliphatic heterocycles. The molecule has 0 atom stereocenters. The summed E-state index contributed by atoms with van der Waals surface area (Å²) in [6.45, 7) is 4.33. The van der Waals surface area contributed by atoms with E-state index in [4.69, 9.17) is 4.74 Å². The molecule has 1 fully saturated rings. The molecular formula is C14H22N6O3. The zero-order chi connectivity index (χ0) is 16.6. The average molecular weight is 322 g/mol. The van der Waals surface area contributed by atoms with Gasteiger partial charge >= 0.3 is 5.69 Å². The van der Waals surface area contributed by atoms with Crippen molar-refractivity contribution in [1.29, 1.82) is 0 Å². The van der Waals surface area contributed by atoms with Gasteiger partial charge in [-0.15, -0.1) is 0 Å². The van der Waals surface area contributed by atoms with E-state index in [0.29, 0.717) is 24.3 Å². The van der Waals surface area contributed by atoms with Crippen molar-refractivity contribution in [2.75, 3.05) is 44.8 Å². The van der Waals surface area contributed by atoms with Crippen LogP contribution in [0.25, 0.3) is 11.2 Å². The SMILES string of the molecule is COCCn1c(N2CCNCC2)nc2c1c(=O)n(C)c(=O)n2C. The van der Waals surface area contributed by atoms with Crippen LogP contribution in [0.5, 0.6) is 0 Å². The monoisotopic (exact) mass is 322 g/mol. The normalized spacial score (nSPS) is 15.5. The topological polar surface area (TPSA) is 86.3 Å². The smallest absolute Gasteiger partial charge is 0.332 e. The molecular weight excluding hydrogens is 300 g/mol. The highest BCUT2D eigenvalue weighted by atomic mass is 16.5. The molecule has 1 N–H and O–H groups in total. The summed E-state index contributed by atoms with van der Waals surface area (Å²) in [6, 6.07) is 0. The first-order valence-corrected chi connectivity index (χ1v) is 7.67. The van der Waals surface area contributed by atoms with Crippen LogP contribution in [0.15, 0.2) is 9.59 Å². The fraction of sp³-hybridized carbons (Fsp3) is 0.643. The first-order chi connectivity index (χ1) is 11.1. The van der Waals surface area contributed by atoms with E-state index >= 15 is 0 Å². The van der Waals surface area contributed by atoms with E-state index in [1.165, 1.54) is 11.6 Å². The third kappa shape index (κ3) is 2.55. The van der Waals surface area contributed by atoms with Gasteiger partial charge in [0.2, 0.25) is 5.95 Å². The van der Waals surface area contributed by atoms with E-state index in [1.54, 1.807) is 14.2 Å². The van der Waals surface area contributed by atoms with Gasteiger partial charge in [-0.2, -0.15) is 4.98 Å². The molecule has 0 unspecified atom stereocenters. The van der Waals surface area contributed by atoms with Crippen molar-refractivity contribution < 1.29 is 4.74 Å². The average Bonchev–Trinajstić information content (AvgIpc) is 2.96. The van der Waals surface area contributed by atoms with Gasteiger partial charge in [-0.3, -0.25) is 13.9 Å². The number of ether oxygens (including phenoxy) is 1. The highest BCUT2D eigenvalue weighted by Crippen LogP contribution is 2.19. The van der Waals surface area contributed by atoms with Gasteiger partial charge < -0.3 is 19.5 Å². The Morgan fingerprint density at radius 3 is 2.52 bits per heavy atom. The lowest BCUT2D eigenvalue weighted by molar-refractivity contribution is 0.188. The Bertz CT molecular complexity index is 828. The summed E-state index contributed by atoms with van der Waals surface area (Å²) in [4.78, 5) is 31.5. The van der Waals surface area contributed by atoms with E-state index in [1.807, 2.05) is 4.57 Å². The Labute approximate surface area is 133 Å². The number of aryl methyl sites for hydroxylation is 1. The second kappa shape index (κ2) is 6.17. The Morgan fingerprint density at radius 2 is 1.87 bits per heavy atom. The molecule has 23 heavy (non-hydrogen) atoms. The largest absolute Gasteiger partial charge is 0.383 e. The third-order valence-electron chi connectivity index (χ3n) is 4.25. The van der Waals surface area contributed by atoms with Crippen molar-refractivity contribution in [2.45, 2.75) is 6.54 Å². The van der Waals surface area contributed by atoms with Gasteiger partial charge in [0.1, 0.15) is 0 Å². The highest BCUT2D eigenvalue weighted by Gasteiger charge is 2.23. The van der Waals surface area contributed by atoms with Gasteiger partial charge in [0, 0.05) is 53.9 Å². The third-order valence-corrected chi connectivity index (χ3v) is 4.25. The van der Waals surface area contributed by atoms with Crippen LogP contribution in [-0.2, 0) is 25.4 Å². The maximum atomic E-state index is 12.6. The molecule has 0 amide bonds. The number of methoxy groups -OCH3 is 1. The summed E-state index contributed by atoms with van der Waals surface area (Å²) < 4.78 is 9.58. The quantitative estimate of drug-likeness (QED) is 0.736. The zero-order valence-electron chi connectivity index (χ0n) is 13.7. The summed E-state index contributed by atoms with van der Waals surface area (Å²) in [5.74, 6) is 0.719. The van der Waals surface area contributed by atoms with E-state index in [0.717, 1.165) is 36.7 Å². The van der Waals surface area contributed by atoms with Gasteiger partial charge in [0.05, 0.1) is 6.61 Å². The number of aromatic nitrogens is 4. The molecule has 9 nitrogen and oxygen atoms in total. The summed E-state index contributed by atoms with van der Waals surface area (Å²) in [6.07, 6.45) is 0. The van der Waals surface area contributed by atoms with E-state index < -0.39 is 0 Å². The Kier molecular flexibility index (Phi) is 4.22. The predicted octanol–water partition coefficient (Wildman–Crippen LogP) is -1.51. The minimum absolute atomic E-state index is 0.326. The predicted molar refractivity (Wildman–Crippen MR) is 87.2 cm³/mol. The van der Waals surface area contributed by atoms with Crippen molar-refractivity contribution in [3.63, 3.8) is 0 Å². The number of hydrogen-bond donors (Lipinski definition) is 1. The second-order valence-electron chi connectivity index (χ2n) is 5.67. The standard InChI is InChI=1S/C14H22N6O3/c1-17-11-10(12(21)18(2)14(17)22)20(8-9-23-3)13(16-11)19-6-4-15-5-7-19/h15H,4-9H2,1-3H3. The Balaban J connectivity index is 2.26. The Hall–Kier alpha value is -2.13. The molecule has 2 aromatic heterocycles. The summed E-state index contributed by atoms with van der Waals surface area (Å²) in [5, 5.41) is 3.30. The number of anilines is 1. The summed E-state index contributed by atoms with van der Waals surface area (Å²) >= 11 is 0. The van der Waals surface area contributed by atoms with Crippen LogP contribution < -0.4 is 21.5 Å². The number of hydrogen-bond acceptors (Lipinski definition) is 6. The fourth-order valence-electron chi connectivity index (χ4n) is 2.94. The molecule has 0 spiro atoms. The molecule has 3 heterocycles. The van der Waals surface area contributed by atoms with Crippen LogP contribution in [0.3, 0.4) is 0 Å². The lowest BCUT2D eigenvalue weighted by Crippen LogP contribution is -2.44. The first-order valence-electron chi connectivity index (χ1n) is 7.67. The highest BCUT2D eigenvalue weighted by molar-refractivity contribution is 5.74. The second-order valence-corrected chi connectivity index (χ2v) is 5.67. The maximum absolute atomic E-state index is 12.6. The molecule has 9 heteroatoms. The molecule has 3 rings (SSSR count). The van der Waals surface area contributed by atoms with Crippen LogP contribution in [0.4, 0.5) is 5.95 Å². The first kappa shape index (κ1) is 15.8. The molecule has 0 aromatic carbocycles. The van der Waals surface area contributed by atoms with E-state index in [-0.39, 0.29) is 11.2 Å². The Morgan fingerprint density at radius 1 is 1.17 bits per heavy atom. The van der Waals surface area contributed by atoms with Gasteiger partial charge in [0.25, 0.3) is 5.56 Å². The van der Waals surface area contributed by atoms with E-state index in [9.17, 15) is 9.59 Å². The van der Waals surface area contributed by atoms with Crippen molar-refractivity contribution in [3.05, 3.63) is 20.8 Å². The minimum Gasteiger partial charge on any atom is -0.383 e. The molecule has 0 saturated carbocycles. The van der Waals surface area contributed by atoms with Gasteiger partial charge in [-0.05, 0) is 0 Å². The van der Waals surface area contributed by atoms with Gasteiger partial charge in [0.15, 0.2) is 11.2 Å². The summed E-state index contributed by atoms with van der Waals surface area (Å²) in [5.41, 5.74) is 0.168. The fourth-order valence-corrected chi connectivity index (χ4v) is 2.94. The van der Waals surface area contributed by atoms with Crippen LogP contribution in [-0.4, -0.2) is 58.6 Å². The van der Waals surface area contributed by atoms with Crippen molar-refractivity contribution in [2.24, 2.45) is 14.1 Å². The number of nitrogens with one attached hydrogen (secondary N) is 1. The molecule has 1 saturated heterocycles. The van der Waals surface area contributed by atoms with Crippen molar-refractivity contribution in [1.82, 2.24) is 24.0 Å². The molecule has 0 aliphatic carbocycles. The van der Waals surface area contributed by atoms with Crippen molar-refractivity contribution >= 4 is 17.1 Å². The van der Waals surface area contributed by atoms with Crippen LogP contribution >= 0.6 is 0 Å². The van der Waals surface area contributed by atoms with Gasteiger partial charge in [-0.25, -0.2) is 4.79 Å². The maximum Gasteiger partial charge on any atom is 0.332 e. The van der Waals surface area contributed by atoms with Crippen LogP contribution in [0, 0.1) is 0 Å². The number of imidazole rings is 1. The van der Waals surface area contributed by atoms with E-state index in [2.05, 4.69) is 15.2 Å². The number of fused-ring (bicyclic) bond motifs is 1.